The first-order valence-corrected chi connectivity index (χ1v) is 5.72. The van der Waals surface area contributed by atoms with Crippen molar-refractivity contribution in [1.29, 1.82) is 0 Å². The van der Waals surface area contributed by atoms with Crippen LogP contribution < -0.4 is 10.6 Å². The van der Waals surface area contributed by atoms with E-state index in [0.29, 0.717) is 11.9 Å². The molecule has 1 saturated carbocycles. The summed E-state index contributed by atoms with van der Waals surface area (Å²) in [5, 5.41) is 5.97. The topological polar surface area (TPSA) is 62.7 Å². The van der Waals surface area contributed by atoms with Crippen molar-refractivity contribution in [3.05, 3.63) is 0 Å². The third-order valence-electron chi connectivity index (χ3n) is 3.12. The number of rotatable bonds is 3. The van der Waals surface area contributed by atoms with Crippen molar-refractivity contribution in [3.63, 3.8) is 0 Å². The summed E-state index contributed by atoms with van der Waals surface area (Å²) < 4.78 is 5.19. The lowest BCUT2D eigenvalue weighted by Crippen LogP contribution is -2.59. The van der Waals surface area contributed by atoms with Crippen molar-refractivity contribution in [1.82, 2.24) is 10.6 Å². The number of ether oxygens (including phenoxy) is 1. The molecule has 0 aromatic heterocycles. The molecule has 16 heavy (non-hydrogen) atoms. The third kappa shape index (κ3) is 1.91. The number of carbonyl (C=O) groups is 1. The lowest BCUT2D eigenvalue weighted by atomic mass is 9.74. The van der Waals surface area contributed by atoms with Gasteiger partial charge in [0.25, 0.3) is 5.91 Å². The molecule has 0 aromatic rings. The summed E-state index contributed by atoms with van der Waals surface area (Å²) in [5.74, 6) is 1.15. The van der Waals surface area contributed by atoms with Crippen LogP contribution in [0.3, 0.4) is 0 Å². The van der Waals surface area contributed by atoms with Crippen molar-refractivity contribution in [2.24, 2.45) is 10.9 Å². The van der Waals surface area contributed by atoms with E-state index in [1.165, 1.54) is 0 Å². The highest BCUT2D eigenvalue weighted by molar-refractivity contribution is 6.09. The Morgan fingerprint density at radius 3 is 2.81 bits per heavy atom. The summed E-state index contributed by atoms with van der Waals surface area (Å²) in [4.78, 5) is 16.1. The first-order chi connectivity index (χ1) is 7.55. The molecule has 0 atom stereocenters. The van der Waals surface area contributed by atoms with Crippen molar-refractivity contribution < 1.29 is 9.53 Å². The van der Waals surface area contributed by atoms with Crippen LogP contribution in [0.25, 0.3) is 0 Å². The monoisotopic (exact) mass is 225 g/mol. The Morgan fingerprint density at radius 2 is 2.25 bits per heavy atom. The Balaban J connectivity index is 1.95. The second kappa shape index (κ2) is 4.05. The minimum atomic E-state index is -0.448. The van der Waals surface area contributed by atoms with Gasteiger partial charge in [0.2, 0.25) is 0 Å². The molecule has 1 aliphatic heterocycles. The van der Waals surface area contributed by atoms with Gasteiger partial charge >= 0.3 is 0 Å². The van der Waals surface area contributed by atoms with E-state index in [-0.39, 0.29) is 12.0 Å². The van der Waals surface area contributed by atoms with E-state index in [9.17, 15) is 4.79 Å². The van der Waals surface area contributed by atoms with E-state index in [0.717, 1.165) is 19.4 Å². The van der Waals surface area contributed by atoms with Crippen LogP contribution in [0.2, 0.25) is 0 Å². The summed E-state index contributed by atoms with van der Waals surface area (Å²) in [6.07, 6.45) is 1.66. The minimum Gasteiger partial charge on any atom is -0.381 e. The number of carbonyl (C=O) groups excluding carboxylic acids is 1. The molecule has 2 aliphatic rings. The highest BCUT2D eigenvalue weighted by atomic mass is 16.5. The largest absolute Gasteiger partial charge is 0.381 e. The van der Waals surface area contributed by atoms with Gasteiger partial charge in [-0.1, -0.05) is 13.8 Å². The molecule has 5 heteroatoms. The molecule has 2 N–H and O–H groups in total. The normalized spacial score (nSPS) is 35.4. The maximum Gasteiger partial charge on any atom is 0.252 e. The number of nitrogens with zero attached hydrogens (tertiary/aromatic N) is 1. The molecule has 1 saturated heterocycles. The van der Waals surface area contributed by atoms with E-state index < -0.39 is 5.54 Å². The molecule has 1 amide bonds. The number of methoxy groups -OCH3 is 1. The zero-order valence-electron chi connectivity index (χ0n) is 10.0. The average Bonchev–Trinajstić information content (AvgIpc) is 2.50. The predicted molar refractivity (Wildman–Crippen MR) is 61.2 cm³/mol. The van der Waals surface area contributed by atoms with Crippen LogP contribution in [-0.2, 0) is 9.53 Å². The Kier molecular flexibility index (Phi) is 2.88. The van der Waals surface area contributed by atoms with Crippen molar-refractivity contribution in [2.75, 3.05) is 13.7 Å². The van der Waals surface area contributed by atoms with Gasteiger partial charge in [-0.05, 0) is 5.92 Å². The SMILES string of the molecule is COC1CC2(C1)NC(=NCC(C)C)NC2=O. The molecule has 1 aliphatic carbocycles. The fraction of sp³-hybridized carbons (Fsp3) is 0.818. The highest BCUT2D eigenvalue weighted by Gasteiger charge is 2.54. The molecule has 2 fully saturated rings. The number of guanidine groups is 1. The fourth-order valence-electron chi connectivity index (χ4n) is 2.07. The van der Waals surface area contributed by atoms with Crippen molar-refractivity contribution in [3.8, 4) is 0 Å². The Hall–Kier alpha value is -1.10. The number of nitrogens with one attached hydrogen (secondary N) is 2. The highest BCUT2D eigenvalue weighted by Crippen LogP contribution is 2.36. The molecule has 90 valence electrons. The molecule has 1 heterocycles. The average molecular weight is 225 g/mol. The van der Waals surface area contributed by atoms with Gasteiger partial charge in [-0.3, -0.25) is 15.1 Å². The lowest BCUT2D eigenvalue weighted by molar-refractivity contribution is -0.132. The number of aliphatic imine (C=N–C) groups is 1. The van der Waals surface area contributed by atoms with Crippen LogP contribution in [0, 0.1) is 5.92 Å². The van der Waals surface area contributed by atoms with Gasteiger partial charge < -0.3 is 10.1 Å². The molecule has 0 bridgehead atoms. The summed E-state index contributed by atoms with van der Waals surface area (Å²) in [7, 11) is 1.68. The lowest BCUT2D eigenvalue weighted by Gasteiger charge is -2.41. The quantitative estimate of drug-likeness (QED) is 0.724. The Morgan fingerprint density at radius 1 is 1.56 bits per heavy atom. The van der Waals surface area contributed by atoms with Gasteiger partial charge in [0.05, 0.1) is 6.10 Å². The first kappa shape index (κ1) is 11.4. The summed E-state index contributed by atoms with van der Waals surface area (Å²) in [6.45, 7) is 4.92. The van der Waals surface area contributed by atoms with Crippen molar-refractivity contribution in [2.45, 2.75) is 38.3 Å². The van der Waals surface area contributed by atoms with Crippen LogP contribution in [0.1, 0.15) is 26.7 Å². The summed E-state index contributed by atoms with van der Waals surface area (Å²) in [6, 6.07) is 0. The molecule has 1 spiro atoms. The zero-order chi connectivity index (χ0) is 11.8. The molecule has 5 nitrogen and oxygen atoms in total. The van der Waals surface area contributed by atoms with Gasteiger partial charge in [-0.2, -0.15) is 0 Å². The molecular formula is C11H19N3O2. The second-order valence-electron chi connectivity index (χ2n) is 5.01. The maximum absolute atomic E-state index is 11.8. The predicted octanol–water partition coefficient (Wildman–Crippen LogP) is 0.265. The molecule has 2 rings (SSSR count). The van der Waals surface area contributed by atoms with E-state index in [2.05, 4.69) is 29.5 Å². The third-order valence-corrected chi connectivity index (χ3v) is 3.12. The fourth-order valence-corrected chi connectivity index (χ4v) is 2.07. The standard InChI is InChI=1S/C11H19N3O2/c1-7(2)6-12-10-13-9(15)11(14-10)4-8(5-11)16-3/h7-8H,4-6H2,1-3H3,(H2,12,13,14,15). The molecule has 0 aromatic carbocycles. The van der Waals surface area contributed by atoms with E-state index in [1.807, 2.05) is 0 Å². The number of amides is 1. The summed E-state index contributed by atoms with van der Waals surface area (Å²) >= 11 is 0. The molecular weight excluding hydrogens is 206 g/mol. The van der Waals surface area contributed by atoms with Crippen LogP contribution in [-0.4, -0.2) is 37.2 Å². The van der Waals surface area contributed by atoms with E-state index >= 15 is 0 Å². The molecule has 0 unspecified atom stereocenters. The number of hydrogen-bond donors (Lipinski definition) is 2. The van der Waals surface area contributed by atoms with E-state index in [1.54, 1.807) is 7.11 Å². The van der Waals surface area contributed by atoms with Crippen LogP contribution in [0.5, 0.6) is 0 Å². The summed E-state index contributed by atoms with van der Waals surface area (Å²) in [5.41, 5.74) is -0.448. The Bertz CT molecular complexity index is 319. The molecule has 0 radical (unpaired) electrons. The Labute approximate surface area is 95.6 Å². The zero-order valence-corrected chi connectivity index (χ0v) is 10.0. The van der Waals surface area contributed by atoms with Crippen molar-refractivity contribution >= 4 is 11.9 Å². The van der Waals surface area contributed by atoms with Gasteiger partial charge in [-0.25, -0.2) is 0 Å². The smallest absolute Gasteiger partial charge is 0.252 e. The van der Waals surface area contributed by atoms with Gasteiger partial charge in [0.15, 0.2) is 5.96 Å². The van der Waals surface area contributed by atoms with Crippen LogP contribution in [0.15, 0.2) is 4.99 Å². The van der Waals surface area contributed by atoms with E-state index in [4.69, 9.17) is 4.74 Å². The second-order valence-corrected chi connectivity index (χ2v) is 5.01. The van der Waals surface area contributed by atoms with Crippen LogP contribution in [0.4, 0.5) is 0 Å². The number of hydrogen-bond acceptors (Lipinski definition) is 3. The van der Waals surface area contributed by atoms with Gasteiger partial charge in [0.1, 0.15) is 5.54 Å². The van der Waals surface area contributed by atoms with Crippen LogP contribution >= 0.6 is 0 Å². The first-order valence-electron chi connectivity index (χ1n) is 5.72. The van der Waals surface area contributed by atoms with Gasteiger partial charge in [-0.15, -0.1) is 0 Å². The minimum absolute atomic E-state index is 0.0308. The maximum atomic E-state index is 11.8. The van der Waals surface area contributed by atoms with Gasteiger partial charge in [0, 0.05) is 26.5 Å².